The van der Waals surface area contributed by atoms with Gasteiger partial charge in [0.25, 0.3) is 0 Å². The van der Waals surface area contributed by atoms with E-state index in [1.807, 2.05) is 32.0 Å². The molecule has 122 valence electrons. The zero-order valence-electron chi connectivity index (χ0n) is 13.4. The molecular formula is C17H19ClN2O2S. The van der Waals surface area contributed by atoms with Crippen LogP contribution in [-0.4, -0.2) is 13.2 Å². The second kappa shape index (κ2) is 9.29. The SMILES string of the molecule is CCOc1cc(Sc2ccccc2C)c(OCC)cc1[N+]#N.[Cl-]. The maximum Gasteiger partial charge on any atom is 0.430 e. The summed E-state index contributed by atoms with van der Waals surface area (Å²) in [6, 6.07) is 11.7. The first kappa shape index (κ1) is 19.1. The number of diazo groups is 1. The van der Waals surface area contributed by atoms with E-state index in [0.29, 0.717) is 30.4 Å². The topological polar surface area (TPSA) is 46.6 Å². The molecule has 2 aromatic rings. The molecule has 0 bridgehead atoms. The van der Waals surface area contributed by atoms with E-state index in [-0.39, 0.29) is 12.4 Å². The monoisotopic (exact) mass is 350 g/mol. The second-order valence-corrected chi connectivity index (χ2v) is 5.68. The number of hydrogen-bond donors (Lipinski definition) is 0. The lowest BCUT2D eigenvalue weighted by Crippen LogP contribution is -3.00. The van der Waals surface area contributed by atoms with Gasteiger partial charge >= 0.3 is 5.69 Å². The van der Waals surface area contributed by atoms with Crippen molar-refractivity contribution in [3.63, 3.8) is 0 Å². The van der Waals surface area contributed by atoms with Crippen LogP contribution in [0, 0.1) is 12.3 Å². The summed E-state index contributed by atoms with van der Waals surface area (Å²) in [6.45, 7) is 6.94. The summed E-state index contributed by atoms with van der Waals surface area (Å²) in [5.41, 5.74) is 1.57. The Hall–Kier alpha value is -1.90. The molecule has 0 spiro atoms. The summed E-state index contributed by atoms with van der Waals surface area (Å²) >= 11 is 1.61. The number of ether oxygens (including phenoxy) is 2. The van der Waals surface area contributed by atoms with Crippen LogP contribution in [0.2, 0.25) is 0 Å². The maximum absolute atomic E-state index is 9.15. The molecule has 0 N–H and O–H groups in total. The Bertz CT molecular complexity index is 701. The summed E-state index contributed by atoms with van der Waals surface area (Å²) in [5, 5.41) is 9.15. The number of aryl methyl sites for hydroxylation is 1. The van der Waals surface area contributed by atoms with E-state index in [2.05, 4.69) is 24.0 Å². The van der Waals surface area contributed by atoms with E-state index in [4.69, 9.17) is 14.9 Å². The van der Waals surface area contributed by atoms with Crippen molar-refractivity contribution in [1.82, 2.24) is 0 Å². The van der Waals surface area contributed by atoms with Crippen LogP contribution in [0.4, 0.5) is 5.69 Å². The van der Waals surface area contributed by atoms with Crippen molar-refractivity contribution in [3.8, 4) is 11.5 Å². The van der Waals surface area contributed by atoms with Gasteiger partial charge in [0.15, 0.2) is 4.98 Å². The van der Waals surface area contributed by atoms with Crippen molar-refractivity contribution < 1.29 is 21.9 Å². The Morgan fingerprint density at radius 2 is 1.65 bits per heavy atom. The van der Waals surface area contributed by atoms with Crippen LogP contribution in [0.1, 0.15) is 19.4 Å². The van der Waals surface area contributed by atoms with Crippen LogP contribution in [0.3, 0.4) is 0 Å². The Kier molecular flexibility index (Phi) is 7.73. The number of rotatable bonds is 6. The fraction of sp³-hybridized carbons (Fsp3) is 0.294. The number of nitrogens with zero attached hydrogens (tertiary/aromatic N) is 2. The van der Waals surface area contributed by atoms with Gasteiger partial charge in [0.05, 0.1) is 24.2 Å². The van der Waals surface area contributed by atoms with Gasteiger partial charge < -0.3 is 21.9 Å². The predicted molar refractivity (Wildman–Crippen MR) is 88.8 cm³/mol. The fourth-order valence-corrected chi connectivity index (χ4v) is 3.01. The van der Waals surface area contributed by atoms with E-state index in [1.54, 1.807) is 17.8 Å². The van der Waals surface area contributed by atoms with Crippen molar-refractivity contribution >= 4 is 17.4 Å². The molecule has 0 aromatic heterocycles. The first-order valence-corrected chi connectivity index (χ1v) is 8.03. The van der Waals surface area contributed by atoms with Crippen LogP contribution < -0.4 is 21.9 Å². The Labute approximate surface area is 147 Å². The summed E-state index contributed by atoms with van der Waals surface area (Å²) in [4.78, 5) is 5.37. The van der Waals surface area contributed by atoms with E-state index in [9.17, 15) is 0 Å². The highest BCUT2D eigenvalue weighted by molar-refractivity contribution is 7.99. The quantitative estimate of drug-likeness (QED) is 0.751. The minimum Gasteiger partial charge on any atom is -1.00 e. The molecule has 0 radical (unpaired) electrons. The summed E-state index contributed by atoms with van der Waals surface area (Å²) in [7, 11) is 0. The summed E-state index contributed by atoms with van der Waals surface area (Å²) in [5.74, 6) is 1.23. The smallest absolute Gasteiger partial charge is 0.430 e. The molecular weight excluding hydrogens is 332 g/mol. The lowest BCUT2D eigenvalue weighted by molar-refractivity contribution is -0.00000587. The van der Waals surface area contributed by atoms with Gasteiger partial charge in [-0.15, -0.1) is 0 Å². The van der Waals surface area contributed by atoms with E-state index < -0.39 is 0 Å². The molecule has 4 nitrogen and oxygen atoms in total. The largest absolute Gasteiger partial charge is 1.00 e. The molecule has 0 heterocycles. The van der Waals surface area contributed by atoms with Gasteiger partial charge in [-0.25, -0.2) is 0 Å². The maximum atomic E-state index is 9.15. The van der Waals surface area contributed by atoms with Crippen molar-refractivity contribution in [2.24, 2.45) is 0 Å². The summed E-state index contributed by atoms with van der Waals surface area (Å²) < 4.78 is 11.2. The molecule has 0 saturated heterocycles. The molecule has 0 fully saturated rings. The molecule has 0 unspecified atom stereocenters. The van der Waals surface area contributed by atoms with E-state index >= 15 is 0 Å². The molecule has 0 aliphatic heterocycles. The van der Waals surface area contributed by atoms with Gasteiger partial charge in [0, 0.05) is 11.0 Å². The molecule has 6 heteroatoms. The minimum atomic E-state index is 0. The molecule has 2 rings (SSSR count). The Morgan fingerprint density at radius 1 is 1.00 bits per heavy atom. The van der Waals surface area contributed by atoms with Crippen LogP contribution >= 0.6 is 11.8 Å². The molecule has 23 heavy (non-hydrogen) atoms. The molecule has 0 atom stereocenters. The van der Waals surface area contributed by atoms with Crippen molar-refractivity contribution in [1.29, 1.82) is 5.39 Å². The van der Waals surface area contributed by atoms with Crippen LogP contribution in [0.25, 0.3) is 4.98 Å². The first-order chi connectivity index (χ1) is 10.7. The first-order valence-electron chi connectivity index (χ1n) is 7.21. The third kappa shape index (κ3) is 4.78. The fourth-order valence-electron chi connectivity index (χ4n) is 2.02. The number of benzene rings is 2. The molecule has 0 aliphatic rings. The highest BCUT2D eigenvalue weighted by Gasteiger charge is 2.21. The average Bonchev–Trinajstić information content (AvgIpc) is 2.52. The van der Waals surface area contributed by atoms with Crippen molar-refractivity contribution in [3.05, 3.63) is 46.9 Å². The average molecular weight is 351 g/mol. The zero-order valence-corrected chi connectivity index (χ0v) is 14.9. The second-order valence-electron chi connectivity index (χ2n) is 4.60. The van der Waals surface area contributed by atoms with Crippen molar-refractivity contribution in [2.75, 3.05) is 13.2 Å². The van der Waals surface area contributed by atoms with Gasteiger partial charge in [0.1, 0.15) is 5.75 Å². The van der Waals surface area contributed by atoms with Crippen LogP contribution in [0.5, 0.6) is 11.5 Å². The standard InChI is InChI=1S/C17H19N2O2S.ClH/c1-4-20-14-11-17(15(21-5-2)10-13(14)19-18)22-16-9-7-6-8-12(16)3;/h6-11H,4-5H2,1-3H3;1H/q+1;/p-1. The Morgan fingerprint density at radius 3 is 2.26 bits per heavy atom. The van der Waals surface area contributed by atoms with Gasteiger partial charge in [-0.1, -0.05) is 30.0 Å². The normalized spacial score (nSPS) is 9.65. The lowest BCUT2D eigenvalue weighted by atomic mass is 10.2. The van der Waals surface area contributed by atoms with Gasteiger partial charge in [-0.2, -0.15) is 0 Å². The lowest BCUT2D eigenvalue weighted by Gasteiger charge is -2.12. The van der Waals surface area contributed by atoms with Gasteiger partial charge in [0.2, 0.25) is 11.1 Å². The van der Waals surface area contributed by atoms with Crippen LogP contribution in [0.15, 0.2) is 46.2 Å². The van der Waals surface area contributed by atoms with E-state index in [0.717, 1.165) is 9.79 Å². The number of halogens is 1. The molecule has 0 amide bonds. The highest BCUT2D eigenvalue weighted by Crippen LogP contribution is 2.43. The molecule has 0 saturated carbocycles. The van der Waals surface area contributed by atoms with E-state index in [1.165, 1.54) is 5.56 Å². The number of hydrogen-bond acceptors (Lipinski definition) is 4. The third-order valence-corrected chi connectivity index (χ3v) is 4.26. The predicted octanol–water partition coefficient (Wildman–Crippen LogP) is 2.43. The minimum absolute atomic E-state index is 0. The summed E-state index contributed by atoms with van der Waals surface area (Å²) in [6.07, 6.45) is 0. The molecule has 2 aromatic carbocycles. The highest BCUT2D eigenvalue weighted by atomic mass is 35.5. The van der Waals surface area contributed by atoms with Gasteiger partial charge in [-0.3, -0.25) is 0 Å². The van der Waals surface area contributed by atoms with Crippen molar-refractivity contribution in [2.45, 2.75) is 30.6 Å². The zero-order chi connectivity index (χ0) is 15.9. The Balaban J connectivity index is 0.00000264. The third-order valence-electron chi connectivity index (χ3n) is 3.05. The van der Waals surface area contributed by atoms with Crippen LogP contribution in [-0.2, 0) is 0 Å². The van der Waals surface area contributed by atoms with Gasteiger partial charge in [-0.05, 0) is 32.4 Å². The molecule has 0 aliphatic carbocycles.